The molecule has 0 fully saturated rings. The second-order valence-electron chi connectivity index (χ2n) is 5.16. The van der Waals surface area contributed by atoms with Gasteiger partial charge in [0.1, 0.15) is 0 Å². The molecule has 1 aromatic carbocycles. The molecule has 2 aromatic heterocycles. The van der Waals surface area contributed by atoms with Crippen LogP contribution in [0.15, 0.2) is 43.0 Å². The lowest BCUT2D eigenvalue weighted by Crippen LogP contribution is -2.20. The molecule has 2 N–H and O–H groups in total. The van der Waals surface area contributed by atoms with E-state index in [1.165, 1.54) is 0 Å². The van der Waals surface area contributed by atoms with Gasteiger partial charge in [-0.05, 0) is 24.6 Å². The number of aromatic nitrogens is 4. The molecule has 0 radical (unpaired) electrons. The van der Waals surface area contributed by atoms with Gasteiger partial charge in [0.25, 0.3) is 0 Å². The number of fused-ring (bicyclic) bond motifs is 1. The average molecular weight is 297 g/mol. The molecule has 0 aliphatic rings. The third-order valence-electron chi connectivity index (χ3n) is 3.56. The summed E-state index contributed by atoms with van der Waals surface area (Å²) in [6.07, 6.45) is 6.40. The first kappa shape index (κ1) is 14.6. The van der Waals surface area contributed by atoms with Gasteiger partial charge in [0.2, 0.25) is 0 Å². The third kappa shape index (κ3) is 3.29. The van der Waals surface area contributed by atoms with Crippen LogP contribution in [0.25, 0.3) is 11.0 Å². The zero-order valence-corrected chi connectivity index (χ0v) is 12.5. The maximum Gasteiger partial charge on any atom is 0.0944 e. The number of aliphatic hydroxyl groups is 1. The van der Waals surface area contributed by atoms with Crippen LogP contribution in [0.5, 0.6) is 0 Å². The first-order valence-corrected chi connectivity index (χ1v) is 7.37. The van der Waals surface area contributed by atoms with Gasteiger partial charge in [-0.1, -0.05) is 6.07 Å². The standard InChI is InChI=1S/C16H19N5O/c1-2-21-11-13(9-20-21)16(22)10-17-8-12-3-4-14-15(7-12)19-6-5-18-14/h3-7,9,11,16-17,22H,2,8,10H2,1H3. The van der Waals surface area contributed by atoms with Gasteiger partial charge in [0.05, 0.1) is 23.3 Å². The molecule has 22 heavy (non-hydrogen) atoms. The summed E-state index contributed by atoms with van der Waals surface area (Å²) < 4.78 is 1.81. The Morgan fingerprint density at radius 3 is 2.82 bits per heavy atom. The molecule has 0 aliphatic carbocycles. The number of nitrogens with one attached hydrogen (secondary N) is 1. The van der Waals surface area contributed by atoms with E-state index in [-0.39, 0.29) is 0 Å². The van der Waals surface area contributed by atoms with E-state index >= 15 is 0 Å². The van der Waals surface area contributed by atoms with Crippen molar-refractivity contribution < 1.29 is 5.11 Å². The molecular weight excluding hydrogens is 278 g/mol. The van der Waals surface area contributed by atoms with Crippen LogP contribution in [0.2, 0.25) is 0 Å². The van der Waals surface area contributed by atoms with E-state index < -0.39 is 6.10 Å². The van der Waals surface area contributed by atoms with Crippen LogP contribution in [0.4, 0.5) is 0 Å². The first-order chi connectivity index (χ1) is 10.8. The number of aryl methyl sites for hydroxylation is 1. The highest BCUT2D eigenvalue weighted by atomic mass is 16.3. The molecule has 0 bridgehead atoms. The highest BCUT2D eigenvalue weighted by molar-refractivity contribution is 5.74. The Labute approximate surface area is 128 Å². The average Bonchev–Trinajstić information content (AvgIpc) is 3.04. The summed E-state index contributed by atoms with van der Waals surface area (Å²) in [6.45, 7) is 3.97. The van der Waals surface area contributed by atoms with Gasteiger partial charge in [-0.3, -0.25) is 14.6 Å². The van der Waals surface area contributed by atoms with Crippen molar-refractivity contribution >= 4 is 11.0 Å². The second kappa shape index (κ2) is 6.64. The topological polar surface area (TPSA) is 75.9 Å². The number of hydrogen-bond acceptors (Lipinski definition) is 5. The van der Waals surface area contributed by atoms with Crippen LogP contribution in [-0.2, 0) is 13.1 Å². The molecule has 6 nitrogen and oxygen atoms in total. The van der Waals surface area contributed by atoms with Gasteiger partial charge >= 0.3 is 0 Å². The molecule has 0 spiro atoms. The largest absolute Gasteiger partial charge is 0.387 e. The number of hydrogen-bond donors (Lipinski definition) is 2. The van der Waals surface area contributed by atoms with Gasteiger partial charge in [-0.25, -0.2) is 0 Å². The van der Waals surface area contributed by atoms with E-state index in [0.29, 0.717) is 13.1 Å². The highest BCUT2D eigenvalue weighted by Crippen LogP contribution is 2.12. The molecule has 3 aromatic rings. The Hall–Kier alpha value is -2.31. The molecule has 0 amide bonds. The Bertz CT molecular complexity index is 755. The Morgan fingerprint density at radius 1 is 1.23 bits per heavy atom. The second-order valence-corrected chi connectivity index (χ2v) is 5.16. The lowest BCUT2D eigenvalue weighted by molar-refractivity contribution is 0.174. The molecule has 0 saturated carbocycles. The third-order valence-corrected chi connectivity index (χ3v) is 3.56. The lowest BCUT2D eigenvalue weighted by Gasteiger charge is -2.10. The van der Waals surface area contributed by atoms with Crippen molar-refractivity contribution in [2.24, 2.45) is 0 Å². The van der Waals surface area contributed by atoms with Crippen molar-refractivity contribution in [2.75, 3.05) is 6.54 Å². The summed E-state index contributed by atoms with van der Waals surface area (Å²) in [4.78, 5) is 8.54. The molecule has 6 heteroatoms. The van der Waals surface area contributed by atoms with Gasteiger partial charge in [0.15, 0.2) is 0 Å². The molecule has 114 valence electrons. The zero-order valence-electron chi connectivity index (χ0n) is 12.5. The van der Waals surface area contributed by atoms with Crippen LogP contribution in [0.1, 0.15) is 24.2 Å². The fraction of sp³-hybridized carbons (Fsp3) is 0.312. The molecule has 3 rings (SSSR count). The summed E-state index contributed by atoms with van der Waals surface area (Å²) in [7, 11) is 0. The molecule has 2 heterocycles. The Kier molecular flexibility index (Phi) is 4.41. The van der Waals surface area contributed by atoms with Crippen molar-refractivity contribution in [1.29, 1.82) is 0 Å². The number of benzene rings is 1. The minimum atomic E-state index is -0.555. The van der Waals surface area contributed by atoms with Crippen molar-refractivity contribution in [3.8, 4) is 0 Å². The van der Waals surface area contributed by atoms with Crippen LogP contribution in [-0.4, -0.2) is 31.4 Å². The number of nitrogens with zero attached hydrogens (tertiary/aromatic N) is 4. The number of rotatable bonds is 6. The van der Waals surface area contributed by atoms with Crippen LogP contribution >= 0.6 is 0 Å². The van der Waals surface area contributed by atoms with Gasteiger partial charge < -0.3 is 10.4 Å². The molecule has 0 aliphatic heterocycles. The summed E-state index contributed by atoms with van der Waals surface area (Å²) in [5.74, 6) is 0. The minimum absolute atomic E-state index is 0.480. The van der Waals surface area contributed by atoms with E-state index in [1.54, 1.807) is 23.3 Å². The van der Waals surface area contributed by atoms with Crippen molar-refractivity contribution in [1.82, 2.24) is 25.1 Å². The van der Waals surface area contributed by atoms with Crippen LogP contribution in [0.3, 0.4) is 0 Å². The van der Waals surface area contributed by atoms with Crippen molar-refractivity contribution in [3.63, 3.8) is 0 Å². The minimum Gasteiger partial charge on any atom is -0.387 e. The van der Waals surface area contributed by atoms with Crippen molar-refractivity contribution in [3.05, 3.63) is 54.1 Å². The Morgan fingerprint density at radius 2 is 2.05 bits per heavy atom. The Balaban J connectivity index is 1.57. The predicted octanol–water partition coefficient (Wildman–Crippen LogP) is 1.67. The molecule has 1 unspecified atom stereocenters. The van der Waals surface area contributed by atoms with E-state index in [4.69, 9.17) is 0 Å². The lowest BCUT2D eigenvalue weighted by atomic mass is 10.1. The summed E-state index contributed by atoms with van der Waals surface area (Å²) in [6, 6.07) is 5.99. The van der Waals surface area contributed by atoms with Crippen LogP contribution < -0.4 is 5.32 Å². The normalized spacial score (nSPS) is 12.6. The smallest absolute Gasteiger partial charge is 0.0944 e. The highest BCUT2D eigenvalue weighted by Gasteiger charge is 2.09. The van der Waals surface area contributed by atoms with Gasteiger partial charge in [-0.15, -0.1) is 0 Å². The summed E-state index contributed by atoms with van der Waals surface area (Å²) in [5.41, 5.74) is 3.72. The maximum absolute atomic E-state index is 10.1. The van der Waals surface area contributed by atoms with E-state index in [9.17, 15) is 5.11 Å². The van der Waals surface area contributed by atoms with Gasteiger partial charge in [-0.2, -0.15) is 5.10 Å². The SMILES string of the molecule is CCn1cc(C(O)CNCc2ccc3nccnc3c2)cn1. The van der Waals surface area contributed by atoms with E-state index in [1.807, 2.05) is 31.3 Å². The first-order valence-electron chi connectivity index (χ1n) is 7.37. The predicted molar refractivity (Wildman–Crippen MR) is 84.1 cm³/mol. The fourth-order valence-corrected chi connectivity index (χ4v) is 2.31. The number of aliphatic hydroxyl groups excluding tert-OH is 1. The fourth-order valence-electron chi connectivity index (χ4n) is 2.31. The monoisotopic (exact) mass is 297 g/mol. The molecular formula is C16H19N5O. The quantitative estimate of drug-likeness (QED) is 0.724. The zero-order chi connectivity index (χ0) is 15.4. The molecule has 1 atom stereocenters. The molecule has 0 saturated heterocycles. The van der Waals surface area contributed by atoms with E-state index in [2.05, 4.69) is 20.4 Å². The summed E-state index contributed by atoms with van der Waals surface area (Å²) >= 11 is 0. The van der Waals surface area contributed by atoms with Crippen molar-refractivity contribution in [2.45, 2.75) is 26.1 Å². The van der Waals surface area contributed by atoms with Gasteiger partial charge in [0, 0.05) is 43.8 Å². The summed E-state index contributed by atoms with van der Waals surface area (Å²) in [5, 5.41) is 17.6. The van der Waals surface area contributed by atoms with Crippen LogP contribution in [0, 0.1) is 0 Å². The van der Waals surface area contributed by atoms with E-state index in [0.717, 1.165) is 28.7 Å². The maximum atomic E-state index is 10.1.